The van der Waals surface area contributed by atoms with Crippen LogP contribution in [0.15, 0.2) is 4.99 Å². The van der Waals surface area contributed by atoms with Crippen molar-refractivity contribution in [3.05, 3.63) is 0 Å². The molecule has 28 heavy (non-hydrogen) atoms. The molecule has 0 aromatic heterocycles. The van der Waals surface area contributed by atoms with Crippen LogP contribution in [0.25, 0.3) is 0 Å². The average Bonchev–Trinajstić information content (AvgIpc) is 3.03. The molecule has 2 fully saturated rings. The van der Waals surface area contributed by atoms with Crippen LogP contribution in [-0.4, -0.2) is 109 Å². The monoisotopic (exact) mass is 433 g/mol. The van der Waals surface area contributed by atoms with Gasteiger partial charge in [-0.1, -0.05) is 0 Å². The molecule has 11 heteroatoms. The molecule has 0 aromatic carbocycles. The van der Waals surface area contributed by atoms with Crippen LogP contribution < -0.4 is 5.32 Å². The Balaban J connectivity index is 1.45. The van der Waals surface area contributed by atoms with Crippen molar-refractivity contribution in [3.63, 3.8) is 0 Å². The summed E-state index contributed by atoms with van der Waals surface area (Å²) in [4.78, 5) is 20.7. The third-order valence-electron chi connectivity index (χ3n) is 4.86. The van der Waals surface area contributed by atoms with E-state index < -0.39 is 15.6 Å². The van der Waals surface area contributed by atoms with Crippen LogP contribution in [0.5, 0.6) is 0 Å². The number of ether oxygens (including phenoxy) is 1. The first kappa shape index (κ1) is 21.5. The Labute approximate surface area is 171 Å². The number of amides is 1. The quantitative estimate of drug-likeness (QED) is 0.679. The van der Waals surface area contributed by atoms with Crippen LogP contribution in [0, 0.1) is 0 Å². The lowest BCUT2D eigenvalue weighted by Crippen LogP contribution is -2.57. The highest BCUT2D eigenvalue weighted by Crippen LogP contribution is 2.19. The Hall–Kier alpha value is -1.20. The average molecular weight is 434 g/mol. The van der Waals surface area contributed by atoms with Crippen LogP contribution in [-0.2, 0) is 14.8 Å². The molecular weight excluding hydrogens is 402 g/mol. The van der Waals surface area contributed by atoms with Gasteiger partial charge in [-0.3, -0.25) is 4.99 Å². The molecule has 3 aliphatic heterocycles. The molecule has 1 unspecified atom stereocenters. The van der Waals surface area contributed by atoms with Crippen LogP contribution in [0.2, 0.25) is 0 Å². The third kappa shape index (κ3) is 5.44. The summed E-state index contributed by atoms with van der Waals surface area (Å²) in [7, 11) is -3.23. The smallest absolute Gasteiger partial charge is 0.410 e. The second-order valence-corrected chi connectivity index (χ2v) is 11.5. The number of carbonyl (C=O) groups excluding carboxylic acids is 1. The van der Waals surface area contributed by atoms with Crippen molar-refractivity contribution in [1.29, 1.82) is 0 Å². The molecule has 1 atom stereocenters. The molecule has 0 saturated carbocycles. The molecule has 0 spiro atoms. The molecule has 3 aliphatic rings. The number of piperazine rings is 1. The van der Waals surface area contributed by atoms with Gasteiger partial charge < -0.3 is 19.9 Å². The largest absolute Gasteiger partial charge is 0.444 e. The van der Waals surface area contributed by atoms with Crippen LogP contribution in [0.1, 0.15) is 20.8 Å². The Bertz CT molecular complexity index is 701. The molecule has 0 bridgehead atoms. The van der Waals surface area contributed by atoms with Crippen molar-refractivity contribution in [3.8, 4) is 0 Å². The number of thioether (sulfide) groups is 1. The molecule has 1 N–H and O–H groups in total. The second-order valence-electron chi connectivity index (χ2n) is 8.19. The standard InChI is InChI=1S/C17H31N5O4S2/c1-17(2,3)26-16(23)20-5-6-22-14(13-20)12-19-15(22)18-4-11-28(24,25)21-7-9-27-10-8-21/h14H,4-13H2,1-3H3,(H,18,19). The van der Waals surface area contributed by atoms with Gasteiger partial charge in [-0.2, -0.15) is 11.8 Å². The first-order valence-corrected chi connectivity index (χ1v) is 12.5. The van der Waals surface area contributed by atoms with Gasteiger partial charge in [-0.15, -0.1) is 0 Å². The van der Waals surface area contributed by atoms with E-state index in [2.05, 4.69) is 15.2 Å². The fourth-order valence-corrected chi connectivity index (χ4v) is 5.96. The van der Waals surface area contributed by atoms with Gasteiger partial charge in [0.1, 0.15) is 5.60 Å². The summed E-state index contributed by atoms with van der Waals surface area (Å²) in [5, 5.41) is 3.19. The molecule has 3 heterocycles. The Morgan fingerprint density at radius 2 is 1.96 bits per heavy atom. The predicted molar refractivity (Wildman–Crippen MR) is 111 cm³/mol. The van der Waals surface area contributed by atoms with E-state index in [-0.39, 0.29) is 17.9 Å². The summed E-state index contributed by atoms with van der Waals surface area (Å²) in [6.07, 6.45) is -0.292. The first-order chi connectivity index (χ1) is 13.2. The summed E-state index contributed by atoms with van der Waals surface area (Å²) in [5.74, 6) is 2.53. The Kier molecular flexibility index (Phi) is 6.65. The van der Waals surface area contributed by atoms with E-state index in [1.165, 1.54) is 0 Å². The van der Waals surface area contributed by atoms with Crippen LogP contribution in [0.4, 0.5) is 4.79 Å². The number of nitrogens with one attached hydrogen (secondary N) is 1. The number of rotatable bonds is 4. The molecule has 160 valence electrons. The maximum Gasteiger partial charge on any atom is 0.410 e. The van der Waals surface area contributed by atoms with E-state index in [9.17, 15) is 13.2 Å². The number of aliphatic imine (C=N–C) groups is 1. The summed E-state index contributed by atoms with van der Waals surface area (Å²) in [6.45, 7) is 9.50. The molecule has 0 radical (unpaired) electrons. The minimum Gasteiger partial charge on any atom is -0.444 e. The lowest BCUT2D eigenvalue weighted by atomic mass is 10.2. The number of hydrogen-bond acceptors (Lipinski definition) is 8. The van der Waals surface area contributed by atoms with Gasteiger partial charge in [0, 0.05) is 50.8 Å². The summed E-state index contributed by atoms with van der Waals surface area (Å²) >= 11 is 1.79. The van der Waals surface area contributed by atoms with Gasteiger partial charge in [0.15, 0.2) is 5.96 Å². The van der Waals surface area contributed by atoms with E-state index in [4.69, 9.17) is 4.74 Å². The van der Waals surface area contributed by atoms with Crippen LogP contribution in [0.3, 0.4) is 0 Å². The summed E-state index contributed by atoms with van der Waals surface area (Å²) in [6, 6.07) is 0.111. The van der Waals surface area contributed by atoms with Crippen molar-refractivity contribution in [2.24, 2.45) is 4.99 Å². The zero-order valence-corrected chi connectivity index (χ0v) is 18.5. The number of nitrogens with zero attached hydrogens (tertiary/aromatic N) is 4. The molecule has 0 aromatic rings. The fourth-order valence-electron chi connectivity index (χ4n) is 3.47. The van der Waals surface area contributed by atoms with Gasteiger partial charge in [0.25, 0.3) is 0 Å². The highest BCUT2D eigenvalue weighted by atomic mass is 32.2. The molecular formula is C17H31N5O4S2. The predicted octanol–water partition coefficient (Wildman–Crippen LogP) is 0.246. The lowest BCUT2D eigenvalue weighted by Gasteiger charge is -2.39. The number of sulfonamides is 1. The van der Waals surface area contributed by atoms with E-state index in [0.717, 1.165) is 17.5 Å². The zero-order valence-electron chi connectivity index (χ0n) is 16.9. The Morgan fingerprint density at radius 1 is 1.25 bits per heavy atom. The van der Waals surface area contributed by atoms with Crippen molar-refractivity contribution in [2.75, 3.05) is 63.1 Å². The van der Waals surface area contributed by atoms with E-state index >= 15 is 0 Å². The maximum atomic E-state index is 12.4. The normalized spacial score (nSPS) is 24.0. The molecule has 2 saturated heterocycles. The zero-order chi connectivity index (χ0) is 20.4. The topological polar surface area (TPSA) is 94.5 Å². The fraction of sp³-hybridized carbons (Fsp3) is 0.882. The van der Waals surface area contributed by atoms with E-state index in [0.29, 0.717) is 45.8 Å². The second kappa shape index (κ2) is 8.66. The van der Waals surface area contributed by atoms with Crippen molar-refractivity contribution < 1.29 is 17.9 Å². The van der Waals surface area contributed by atoms with Crippen LogP contribution >= 0.6 is 11.8 Å². The highest BCUT2D eigenvalue weighted by molar-refractivity contribution is 7.99. The summed E-state index contributed by atoms with van der Waals surface area (Å²) in [5.41, 5.74) is -0.508. The molecule has 1 amide bonds. The van der Waals surface area contributed by atoms with Crippen molar-refractivity contribution in [2.45, 2.75) is 32.4 Å². The lowest BCUT2D eigenvalue weighted by molar-refractivity contribution is 0.0137. The van der Waals surface area contributed by atoms with Gasteiger partial charge >= 0.3 is 6.09 Å². The van der Waals surface area contributed by atoms with Gasteiger partial charge in [-0.05, 0) is 20.8 Å². The number of guanidine groups is 1. The highest BCUT2D eigenvalue weighted by Gasteiger charge is 2.36. The number of carbonyl (C=O) groups is 1. The van der Waals surface area contributed by atoms with Gasteiger partial charge in [0.2, 0.25) is 10.0 Å². The van der Waals surface area contributed by atoms with Crippen molar-refractivity contribution >= 4 is 33.8 Å². The molecule has 0 aliphatic carbocycles. The molecule has 3 rings (SSSR count). The minimum atomic E-state index is -3.23. The number of fused-ring (bicyclic) bond motifs is 1. The maximum absolute atomic E-state index is 12.4. The van der Waals surface area contributed by atoms with E-state index in [1.54, 1.807) is 21.0 Å². The first-order valence-electron chi connectivity index (χ1n) is 9.74. The molecule has 9 nitrogen and oxygen atoms in total. The minimum absolute atomic E-state index is 0.0687. The van der Waals surface area contributed by atoms with Gasteiger partial charge in [0.05, 0.1) is 18.3 Å². The number of hydrogen-bond donors (Lipinski definition) is 1. The van der Waals surface area contributed by atoms with Gasteiger partial charge in [-0.25, -0.2) is 17.5 Å². The third-order valence-corrected chi connectivity index (χ3v) is 7.68. The summed E-state index contributed by atoms with van der Waals surface area (Å²) < 4.78 is 31.9. The van der Waals surface area contributed by atoms with E-state index in [1.807, 2.05) is 20.8 Å². The SMILES string of the molecule is CC(C)(C)OC(=O)N1CCN2C(NCCS(=O)(=O)N3CCSCC3)=NCC2C1. The Morgan fingerprint density at radius 3 is 2.64 bits per heavy atom. The van der Waals surface area contributed by atoms with Crippen molar-refractivity contribution in [1.82, 2.24) is 19.4 Å².